The number of esters is 1. The molecule has 0 saturated heterocycles. The fraction of sp³-hybridized carbons (Fsp3) is 0.714. The summed E-state index contributed by atoms with van der Waals surface area (Å²) in [6.45, 7) is 0. The van der Waals surface area contributed by atoms with Gasteiger partial charge in [-0.15, -0.1) is 11.3 Å². The number of nitrogens with zero attached hydrogens (tertiary/aromatic N) is 1. The van der Waals surface area contributed by atoms with Crippen molar-refractivity contribution in [2.24, 2.45) is 0 Å². The monoisotopic (exact) mass is 267 g/mol. The third kappa shape index (κ3) is 3.80. The van der Waals surface area contributed by atoms with Crippen LogP contribution in [0.3, 0.4) is 0 Å². The van der Waals surface area contributed by atoms with Crippen molar-refractivity contribution in [3.05, 3.63) is 16.1 Å². The average Bonchev–Trinajstić information content (AvgIpc) is 2.77. The molecule has 1 aliphatic carbocycles. The van der Waals surface area contributed by atoms with E-state index in [-0.39, 0.29) is 5.97 Å². The molecule has 1 saturated carbocycles. The molecule has 0 radical (unpaired) electrons. The van der Waals surface area contributed by atoms with Gasteiger partial charge in [0.25, 0.3) is 0 Å². The number of carbonyl (C=O) groups is 1. The number of methoxy groups -OCH3 is 1. The first-order chi connectivity index (χ1) is 8.79. The topological polar surface area (TPSA) is 39.2 Å². The molecule has 0 spiro atoms. The van der Waals surface area contributed by atoms with Crippen molar-refractivity contribution >= 4 is 17.3 Å². The summed E-state index contributed by atoms with van der Waals surface area (Å²) in [5.74, 6) is 0.409. The van der Waals surface area contributed by atoms with Gasteiger partial charge >= 0.3 is 5.97 Å². The standard InChI is InChI=1S/C14H21NO2S/c1-17-13(16)9-12-10-18-14(15-12)11-7-5-3-2-4-6-8-11/h10-11H,2-9H2,1H3. The molecule has 18 heavy (non-hydrogen) atoms. The lowest BCUT2D eigenvalue weighted by atomic mass is 9.92. The molecule has 4 heteroatoms. The van der Waals surface area contributed by atoms with Gasteiger partial charge in [-0.1, -0.05) is 32.1 Å². The lowest BCUT2D eigenvalue weighted by Crippen LogP contribution is -2.06. The third-order valence-corrected chi connectivity index (χ3v) is 4.63. The van der Waals surface area contributed by atoms with Gasteiger partial charge in [-0.2, -0.15) is 0 Å². The third-order valence-electron chi connectivity index (χ3n) is 3.58. The predicted molar refractivity (Wildman–Crippen MR) is 72.9 cm³/mol. The molecule has 1 aliphatic rings. The summed E-state index contributed by atoms with van der Waals surface area (Å²) in [5, 5.41) is 3.22. The second-order valence-corrected chi connectivity index (χ2v) is 5.86. The van der Waals surface area contributed by atoms with Crippen LogP contribution in [0.2, 0.25) is 0 Å². The van der Waals surface area contributed by atoms with E-state index in [4.69, 9.17) is 0 Å². The summed E-state index contributed by atoms with van der Waals surface area (Å²) in [4.78, 5) is 15.8. The molecule has 1 fully saturated rings. The van der Waals surface area contributed by atoms with Gasteiger partial charge in [-0.05, 0) is 12.8 Å². The molecule has 100 valence electrons. The molecule has 0 aromatic carbocycles. The molecule has 0 aliphatic heterocycles. The fourth-order valence-corrected chi connectivity index (χ4v) is 3.51. The summed E-state index contributed by atoms with van der Waals surface area (Å²) in [5.41, 5.74) is 0.865. The minimum atomic E-state index is -0.204. The van der Waals surface area contributed by atoms with Gasteiger partial charge in [-0.3, -0.25) is 4.79 Å². The van der Waals surface area contributed by atoms with Crippen LogP contribution >= 0.6 is 11.3 Å². The molecule has 3 nitrogen and oxygen atoms in total. The van der Waals surface area contributed by atoms with Gasteiger partial charge in [0.15, 0.2) is 0 Å². The van der Waals surface area contributed by atoms with E-state index in [1.807, 2.05) is 5.38 Å². The largest absolute Gasteiger partial charge is 0.469 e. The Labute approximate surface area is 113 Å². The van der Waals surface area contributed by atoms with E-state index in [0.29, 0.717) is 12.3 Å². The zero-order valence-corrected chi connectivity index (χ0v) is 11.8. The number of rotatable bonds is 3. The number of thiazole rings is 1. The second kappa shape index (κ2) is 6.88. The fourth-order valence-electron chi connectivity index (χ4n) is 2.51. The van der Waals surface area contributed by atoms with Crippen LogP contribution in [0.15, 0.2) is 5.38 Å². The second-order valence-electron chi connectivity index (χ2n) is 4.97. The Morgan fingerprint density at radius 2 is 2.00 bits per heavy atom. The SMILES string of the molecule is COC(=O)Cc1csc(C2CCCCCCC2)n1. The van der Waals surface area contributed by atoms with Crippen LogP contribution in [0.5, 0.6) is 0 Å². The molecule has 0 bridgehead atoms. The first-order valence-corrected chi connectivity index (χ1v) is 7.68. The number of aromatic nitrogens is 1. The molecule has 1 heterocycles. The molecule has 0 unspecified atom stereocenters. The molecule has 0 amide bonds. The Morgan fingerprint density at radius 3 is 2.67 bits per heavy atom. The lowest BCUT2D eigenvalue weighted by molar-refractivity contribution is -0.139. The summed E-state index contributed by atoms with van der Waals surface area (Å²) < 4.78 is 4.67. The van der Waals surface area contributed by atoms with Gasteiger partial charge in [0.05, 0.1) is 24.2 Å². The van der Waals surface area contributed by atoms with E-state index in [1.165, 1.54) is 57.1 Å². The minimum Gasteiger partial charge on any atom is -0.469 e. The van der Waals surface area contributed by atoms with Crippen LogP contribution in [0.4, 0.5) is 0 Å². The van der Waals surface area contributed by atoms with Crippen LogP contribution in [0, 0.1) is 0 Å². The first kappa shape index (κ1) is 13.5. The van der Waals surface area contributed by atoms with Crippen LogP contribution in [-0.4, -0.2) is 18.1 Å². The van der Waals surface area contributed by atoms with E-state index in [2.05, 4.69) is 9.72 Å². The minimum absolute atomic E-state index is 0.204. The van der Waals surface area contributed by atoms with Crippen molar-refractivity contribution in [1.29, 1.82) is 0 Å². The number of ether oxygens (including phenoxy) is 1. The Morgan fingerprint density at radius 1 is 1.33 bits per heavy atom. The molecule has 1 aromatic rings. The zero-order valence-electron chi connectivity index (χ0n) is 11.0. The van der Waals surface area contributed by atoms with Crippen molar-refractivity contribution in [1.82, 2.24) is 4.98 Å². The smallest absolute Gasteiger partial charge is 0.311 e. The van der Waals surface area contributed by atoms with Crippen LogP contribution in [0.25, 0.3) is 0 Å². The molecule has 2 rings (SSSR count). The Bertz CT molecular complexity index is 381. The zero-order chi connectivity index (χ0) is 12.8. The van der Waals surface area contributed by atoms with Gasteiger partial charge in [0.2, 0.25) is 0 Å². The molecule has 0 atom stereocenters. The lowest BCUT2D eigenvalue weighted by Gasteiger charge is -2.17. The Kier molecular flexibility index (Phi) is 5.17. The van der Waals surface area contributed by atoms with E-state index in [9.17, 15) is 4.79 Å². The van der Waals surface area contributed by atoms with E-state index >= 15 is 0 Å². The highest BCUT2D eigenvalue weighted by atomic mass is 32.1. The summed E-state index contributed by atoms with van der Waals surface area (Å²) >= 11 is 1.71. The van der Waals surface area contributed by atoms with Crippen LogP contribution < -0.4 is 0 Å². The van der Waals surface area contributed by atoms with Crippen molar-refractivity contribution in [3.63, 3.8) is 0 Å². The van der Waals surface area contributed by atoms with Gasteiger partial charge in [0, 0.05) is 11.3 Å². The van der Waals surface area contributed by atoms with Crippen molar-refractivity contribution in [3.8, 4) is 0 Å². The maximum atomic E-state index is 11.2. The molecular weight excluding hydrogens is 246 g/mol. The Balaban J connectivity index is 1.96. The van der Waals surface area contributed by atoms with Crippen molar-refractivity contribution in [2.75, 3.05) is 7.11 Å². The van der Waals surface area contributed by atoms with Gasteiger partial charge in [-0.25, -0.2) is 4.98 Å². The highest BCUT2D eigenvalue weighted by molar-refractivity contribution is 7.09. The molecular formula is C14H21NO2S. The highest BCUT2D eigenvalue weighted by Crippen LogP contribution is 2.32. The average molecular weight is 267 g/mol. The number of carbonyl (C=O) groups excluding carboxylic acids is 1. The normalized spacial score (nSPS) is 18.1. The van der Waals surface area contributed by atoms with E-state index in [1.54, 1.807) is 11.3 Å². The van der Waals surface area contributed by atoms with E-state index in [0.717, 1.165) is 5.69 Å². The summed E-state index contributed by atoms with van der Waals surface area (Å²) in [7, 11) is 1.42. The molecule has 1 aromatic heterocycles. The van der Waals surface area contributed by atoms with Crippen LogP contribution in [-0.2, 0) is 16.0 Å². The van der Waals surface area contributed by atoms with Crippen molar-refractivity contribution in [2.45, 2.75) is 57.3 Å². The highest BCUT2D eigenvalue weighted by Gasteiger charge is 2.17. The quantitative estimate of drug-likeness (QED) is 0.784. The molecule has 0 N–H and O–H groups in total. The number of hydrogen-bond donors (Lipinski definition) is 0. The van der Waals surface area contributed by atoms with Crippen LogP contribution in [0.1, 0.15) is 61.6 Å². The van der Waals surface area contributed by atoms with Gasteiger partial charge < -0.3 is 4.74 Å². The summed E-state index contributed by atoms with van der Waals surface area (Å²) in [6, 6.07) is 0. The van der Waals surface area contributed by atoms with E-state index < -0.39 is 0 Å². The number of hydrogen-bond acceptors (Lipinski definition) is 4. The Hall–Kier alpha value is -0.900. The maximum absolute atomic E-state index is 11.2. The van der Waals surface area contributed by atoms with Gasteiger partial charge in [0.1, 0.15) is 0 Å². The first-order valence-electron chi connectivity index (χ1n) is 6.80. The summed E-state index contributed by atoms with van der Waals surface area (Å²) in [6.07, 6.45) is 9.55. The maximum Gasteiger partial charge on any atom is 0.311 e. The predicted octanol–water partition coefficient (Wildman–Crippen LogP) is 3.69. The van der Waals surface area contributed by atoms with Crippen molar-refractivity contribution < 1.29 is 9.53 Å².